The van der Waals surface area contributed by atoms with Crippen molar-refractivity contribution >= 4 is 11.9 Å². The van der Waals surface area contributed by atoms with Gasteiger partial charge in [-0.25, -0.2) is 0 Å². The Labute approximate surface area is 86.1 Å². The third-order valence-electron chi connectivity index (χ3n) is 1.94. The summed E-state index contributed by atoms with van der Waals surface area (Å²) < 4.78 is 0. The van der Waals surface area contributed by atoms with Crippen molar-refractivity contribution in [3.63, 3.8) is 0 Å². The summed E-state index contributed by atoms with van der Waals surface area (Å²) in [7, 11) is 0. The predicted octanol–water partition coefficient (Wildman–Crippen LogP) is -0.996. The smallest absolute Gasteiger partial charge is 0.320 e. The number of aromatic carboxylic acids is 1. The van der Waals surface area contributed by atoms with E-state index in [1.165, 1.54) is 18.2 Å². The lowest BCUT2D eigenvalue weighted by atomic mass is 10.0. The van der Waals surface area contributed by atoms with E-state index in [1.54, 1.807) is 6.07 Å². The van der Waals surface area contributed by atoms with Crippen molar-refractivity contribution in [1.82, 2.24) is 0 Å². The van der Waals surface area contributed by atoms with E-state index < -0.39 is 18.0 Å². The second-order valence-electron chi connectivity index (χ2n) is 3.14. The van der Waals surface area contributed by atoms with Gasteiger partial charge >= 0.3 is 5.97 Å². The van der Waals surface area contributed by atoms with Gasteiger partial charge in [0.2, 0.25) is 0 Å². The van der Waals surface area contributed by atoms with Crippen molar-refractivity contribution in [2.45, 2.75) is 12.5 Å². The number of carbonyl (C=O) groups excluding carboxylic acids is 1. The molecule has 80 valence electrons. The Hall–Kier alpha value is -1.88. The molecule has 1 rings (SSSR count). The molecule has 0 fully saturated rings. The lowest BCUT2D eigenvalue weighted by Crippen LogP contribution is -2.32. The quantitative estimate of drug-likeness (QED) is 0.660. The second kappa shape index (κ2) is 4.56. The first-order valence-corrected chi connectivity index (χ1v) is 4.29. The van der Waals surface area contributed by atoms with Gasteiger partial charge in [-0.3, -0.25) is 4.79 Å². The molecule has 0 amide bonds. The van der Waals surface area contributed by atoms with Crippen LogP contribution in [0.3, 0.4) is 0 Å². The average Bonchev–Trinajstić information content (AvgIpc) is 2.18. The third-order valence-corrected chi connectivity index (χ3v) is 1.94. The number of carbonyl (C=O) groups is 2. The number of hydrogen-bond donors (Lipinski definition) is 2. The molecular formula is C10H10NO4-. The molecule has 0 aliphatic carbocycles. The molecular weight excluding hydrogens is 198 g/mol. The van der Waals surface area contributed by atoms with Gasteiger partial charge in [0, 0.05) is 0 Å². The monoisotopic (exact) mass is 208 g/mol. The lowest BCUT2D eigenvalue weighted by molar-refractivity contribution is -0.255. The lowest BCUT2D eigenvalue weighted by Gasteiger charge is -2.08. The molecule has 0 aliphatic rings. The van der Waals surface area contributed by atoms with E-state index >= 15 is 0 Å². The van der Waals surface area contributed by atoms with E-state index in [2.05, 4.69) is 0 Å². The van der Waals surface area contributed by atoms with Crippen LogP contribution in [0.2, 0.25) is 0 Å². The van der Waals surface area contributed by atoms with Gasteiger partial charge in [0.05, 0.1) is 5.97 Å². The van der Waals surface area contributed by atoms with Crippen LogP contribution in [-0.4, -0.2) is 23.1 Å². The number of carboxylic acids is 2. The minimum absolute atomic E-state index is 0.0186. The molecule has 1 aromatic carbocycles. The first-order chi connectivity index (χ1) is 7.00. The zero-order chi connectivity index (χ0) is 11.4. The first-order valence-electron chi connectivity index (χ1n) is 4.29. The van der Waals surface area contributed by atoms with Crippen LogP contribution in [0.15, 0.2) is 24.3 Å². The van der Waals surface area contributed by atoms with Crippen LogP contribution < -0.4 is 10.8 Å². The Kier molecular flexibility index (Phi) is 3.41. The summed E-state index contributed by atoms with van der Waals surface area (Å²) in [5, 5.41) is 19.1. The van der Waals surface area contributed by atoms with Gasteiger partial charge in [-0.2, -0.15) is 0 Å². The van der Waals surface area contributed by atoms with E-state index in [1.807, 2.05) is 0 Å². The van der Waals surface area contributed by atoms with E-state index in [0.29, 0.717) is 5.56 Å². The topological polar surface area (TPSA) is 103 Å². The van der Waals surface area contributed by atoms with Crippen molar-refractivity contribution in [2.75, 3.05) is 0 Å². The third kappa shape index (κ3) is 3.07. The van der Waals surface area contributed by atoms with Crippen LogP contribution in [-0.2, 0) is 11.2 Å². The number of nitrogens with two attached hydrogens (primary N) is 1. The van der Waals surface area contributed by atoms with Gasteiger partial charge in [-0.15, -0.1) is 0 Å². The van der Waals surface area contributed by atoms with E-state index in [4.69, 9.17) is 10.8 Å². The molecule has 1 atom stereocenters. The standard InChI is InChI=1S/C10H11NO4/c11-8(10(14)15)5-6-2-1-3-7(4-6)9(12)13/h1-4,8H,5,11H2,(H,12,13)(H,14,15)/p-1/t8-/m0/s1. The van der Waals surface area contributed by atoms with Gasteiger partial charge in [-0.05, 0) is 23.6 Å². The summed E-state index contributed by atoms with van der Waals surface area (Å²) >= 11 is 0. The Morgan fingerprint density at radius 3 is 2.67 bits per heavy atom. The molecule has 1 aromatic rings. The molecule has 0 heterocycles. The molecule has 0 aliphatic heterocycles. The Morgan fingerprint density at radius 1 is 1.47 bits per heavy atom. The Morgan fingerprint density at radius 2 is 2.13 bits per heavy atom. The molecule has 0 radical (unpaired) electrons. The van der Waals surface area contributed by atoms with Gasteiger partial charge < -0.3 is 20.7 Å². The molecule has 0 bridgehead atoms. The number of benzene rings is 1. The number of carboxylic acid groups (broad SMARTS) is 2. The van der Waals surface area contributed by atoms with E-state index in [-0.39, 0.29) is 12.0 Å². The maximum Gasteiger partial charge on any atom is 0.320 e. The zero-order valence-corrected chi connectivity index (χ0v) is 7.84. The molecule has 3 N–H and O–H groups in total. The number of rotatable bonds is 4. The summed E-state index contributed by atoms with van der Waals surface area (Å²) in [5.74, 6) is -2.41. The maximum atomic E-state index is 10.5. The molecule has 0 unspecified atom stereocenters. The van der Waals surface area contributed by atoms with E-state index in [0.717, 1.165) is 0 Å². The van der Waals surface area contributed by atoms with Gasteiger partial charge in [0.15, 0.2) is 0 Å². The SMILES string of the molecule is N[C@@H](Cc1cccc(C(=O)[O-])c1)C(=O)O. The normalized spacial score (nSPS) is 12.1. The van der Waals surface area contributed by atoms with Crippen LogP contribution in [0.25, 0.3) is 0 Å². The van der Waals surface area contributed by atoms with Crippen LogP contribution in [0.5, 0.6) is 0 Å². The molecule has 0 saturated heterocycles. The summed E-state index contributed by atoms with van der Waals surface area (Å²) in [5.41, 5.74) is 5.89. The maximum absolute atomic E-state index is 10.5. The first kappa shape index (κ1) is 11.2. The number of hydrogen-bond acceptors (Lipinski definition) is 4. The Bertz CT molecular complexity index is 389. The fourth-order valence-electron chi connectivity index (χ4n) is 1.17. The molecule has 0 saturated carbocycles. The highest BCUT2D eigenvalue weighted by molar-refractivity contribution is 5.86. The Balaban J connectivity index is 2.82. The van der Waals surface area contributed by atoms with Crippen LogP contribution in [0.1, 0.15) is 15.9 Å². The van der Waals surface area contributed by atoms with Crippen LogP contribution in [0.4, 0.5) is 0 Å². The highest BCUT2D eigenvalue weighted by atomic mass is 16.4. The minimum Gasteiger partial charge on any atom is -0.545 e. The van der Waals surface area contributed by atoms with Crippen molar-refractivity contribution in [3.8, 4) is 0 Å². The summed E-state index contributed by atoms with van der Waals surface area (Å²) in [6.07, 6.45) is 0.0937. The summed E-state index contributed by atoms with van der Waals surface area (Å²) in [6.45, 7) is 0. The minimum atomic E-state index is -1.29. The molecule has 0 spiro atoms. The van der Waals surface area contributed by atoms with Crippen LogP contribution >= 0.6 is 0 Å². The predicted molar refractivity (Wildman–Crippen MR) is 50.1 cm³/mol. The van der Waals surface area contributed by atoms with E-state index in [9.17, 15) is 14.7 Å². The van der Waals surface area contributed by atoms with Crippen molar-refractivity contribution in [3.05, 3.63) is 35.4 Å². The molecule has 5 heteroatoms. The van der Waals surface area contributed by atoms with Crippen molar-refractivity contribution < 1.29 is 19.8 Å². The van der Waals surface area contributed by atoms with Gasteiger partial charge in [-0.1, -0.05) is 18.2 Å². The largest absolute Gasteiger partial charge is 0.545 e. The van der Waals surface area contributed by atoms with Gasteiger partial charge in [0.25, 0.3) is 0 Å². The molecule has 0 aromatic heterocycles. The van der Waals surface area contributed by atoms with Crippen molar-refractivity contribution in [1.29, 1.82) is 0 Å². The molecule has 5 nitrogen and oxygen atoms in total. The summed E-state index contributed by atoms with van der Waals surface area (Å²) in [4.78, 5) is 21.0. The molecule has 15 heavy (non-hydrogen) atoms. The van der Waals surface area contributed by atoms with Crippen LogP contribution in [0, 0.1) is 0 Å². The highest BCUT2D eigenvalue weighted by Gasteiger charge is 2.11. The number of aliphatic carboxylic acids is 1. The van der Waals surface area contributed by atoms with Crippen molar-refractivity contribution in [2.24, 2.45) is 5.73 Å². The fourth-order valence-corrected chi connectivity index (χ4v) is 1.17. The average molecular weight is 208 g/mol. The summed E-state index contributed by atoms with van der Waals surface area (Å²) in [6, 6.07) is 4.86. The second-order valence-corrected chi connectivity index (χ2v) is 3.14. The highest BCUT2D eigenvalue weighted by Crippen LogP contribution is 2.06. The fraction of sp³-hybridized carbons (Fsp3) is 0.200. The zero-order valence-electron chi connectivity index (χ0n) is 7.84. The van der Waals surface area contributed by atoms with Gasteiger partial charge in [0.1, 0.15) is 6.04 Å².